The number of nitrogens with zero attached hydrogens (tertiary/aromatic N) is 4. The van der Waals surface area contributed by atoms with Gasteiger partial charge in [-0.2, -0.15) is 4.68 Å². The summed E-state index contributed by atoms with van der Waals surface area (Å²) < 4.78 is 1.44. The second kappa shape index (κ2) is 8.26. The van der Waals surface area contributed by atoms with Crippen molar-refractivity contribution in [3.05, 3.63) is 59.4 Å². The zero-order chi connectivity index (χ0) is 21.3. The number of aromatic nitrogens is 2. The van der Waals surface area contributed by atoms with E-state index in [1.807, 2.05) is 11.8 Å². The van der Waals surface area contributed by atoms with Crippen LogP contribution < -0.4 is 5.32 Å². The summed E-state index contributed by atoms with van der Waals surface area (Å²) >= 11 is 0. The molecule has 6 heteroatoms. The summed E-state index contributed by atoms with van der Waals surface area (Å²) in [4.78, 5) is 17.5. The number of amides is 1. The van der Waals surface area contributed by atoms with Crippen molar-refractivity contribution in [2.45, 2.75) is 58.5 Å². The van der Waals surface area contributed by atoms with Crippen LogP contribution in [0.2, 0.25) is 0 Å². The molecule has 160 valence electrons. The van der Waals surface area contributed by atoms with Crippen LogP contribution in [0.1, 0.15) is 49.3 Å². The molecule has 1 spiro atoms. The van der Waals surface area contributed by atoms with Gasteiger partial charge in [-0.05, 0) is 69.7 Å². The Labute approximate surface area is 179 Å². The van der Waals surface area contributed by atoms with E-state index in [1.54, 1.807) is 12.3 Å². The Morgan fingerprint density at radius 2 is 1.90 bits per heavy atom. The van der Waals surface area contributed by atoms with Crippen LogP contribution in [0.5, 0.6) is 0 Å². The molecule has 0 bridgehead atoms. The quantitative estimate of drug-likeness (QED) is 0.808. The minimum absolute atomic E-state index is 0.0432. The van der Waals surface area contributed by atoms with Crippen LogP contribution in [0.4, 0.5) is 10.6 Å². The number of likely N-dealkylation sites (tertiary alicyclic amines) is 2. The molecule has 1 N–H and O–H groups in total. The minimum atomic E-state index is -0.0432. The van der Waals surface area contributed by atoms with Crippen molar-refractivity contribution in [1.82, 2.24) is 19.6 Å². The third-order valence-corrected chi connectivity index (χ3v) is 6.78. The SMILES string of the molecule is C=C(C)Nc1ccn(C(=O)N2CCC3(CCCN3Cc3ccc(C)c(C)c3)CC2)n1. The molecule has 2 aliphatic heterocycles. The summed E-state index contributed by atoms with van der Waals surface area (Å²) in [5.41, 5.74) is 5.14. The van der Waals surface area contributed by atoms with Gasteiger partial charge in [-0.15, -0.1) is 5.10 Å². The average Bonchev–Trinajstić information content (AvgIpc) is 3.32. The highest BCUT2D eigenvalue weighted by atomic mass is 16.2. The van der Waals surface area contributed by atoms with E-state index in [4.69, 9.17) is 0 Å². The maximum atomic E-state index is 12.9. The van der Waals surface area contributed by atoms with Gasteiger partial charge in [0.15, 0.2) is 5.82 Å². The topological polar surface area (TPSA) is 53.4 Å². The van der Waals surface area contributed by atoms with Gasteiger partial charge >= 0.3 is 6.03 Å². The fourth-order valence-corrected chi connectivity index (χ4v) is 4.90. The number of rotatable bonds is 4. The Kier molecular flexibility index (Phi) is 5.69. The molecule has 0 saturated carbocycles. The van der Waals surface area contributed by atoms with Gasteiger partial charge in [-0.25, -0.2) is 4.79 Å². The number of anilines is 1. The Balaban J connectivity index is 1.39. The van der Waals surface area contributed by atoms with E-state index in [0.717, 1.165) is 44.7 Å². The van der Waals surface area contributed by atoms with Gasteiger partial charge in [-0.1, -0.05) is 24.8 Å². The second-order valence-corrected chi connectivity index (χ2v) is 8.99. The molecule has 1 aromatic carbocycles. The van der Waals surface area contributed by atoms with E-state index in [0.29, 0.717) is 5.82 Å². The molecule has 0 unspecified atom stereocenters. The van der Waals surface area contributed by atoms with Gasteiger partial charge in [-0.3, -0.25) is 4.90 Å². The van der Waals surface area contributed by atoms with Crippen molar-refractivity contribution >= 4 is 11.8 Å². The Morgan fingerprint density at radius 3 is 2.60 bits per heavy atom. The lowest BCUT2D eigenvalue weighted by Gasteiger charge is -2.45. The molecular formula is C24H33N5O. The van der Waals surface area contributed by atoms with E-state index in [2.05, 4.69) is 53.9 Å². The number of aryl methyl sites for hydroxylation is 2. The lowest BCUT2D eigenvalue weighted by atomic mass is 9.84. The van der Waals surface area contributed by atoms with Crippen molar-refractivity contribution < 1.29 is 4.79 Å². The van der Waals surface area contributed by atoms with Crippen molar-refractivity contribution in [3.8, 4) is 0 Å². The van der Waals surface area contributed by atoms with Crippen LogP contribution in [-0.2, 0) is 6.54 Å². The van der Waals surface area contributed by atoms with Crippen LogP contribution in [0.25, 0.3) is 0 Å². The maximum Gasteiger partial charge on any atom is 0.344 e. The van der Waals surface area contributed by atoms with E-state index in [-0.39, 0.29) is 11.6 Å². The van der Waals surface area contributed by atoms with Crippen LogP contribution >= 0.6 is 0 Å². The summed E-state index contributed by atoms with van der Waals surface area (Å²) in [7, 11) is 0. The van der Waals surface area contributed by atoms with Crippen molar-refractivity contribution in [1.29, 1.82) is 0 Å². The molecule has 2 saturated heterocycles. The standard InChI is InChI=1S/C24H33N5O/c1-18(2)25-22-8-13-29(26-22)23(30)27-14-10-24(11-15-27)9-5-12-28(24)17-21-7-6-19(3)20(4)16-21/h6-8,13,16H,1,5,9-12,14-15,17H2,2-4H3,(H,25,26). The first-order valence-corrected chi connectivity index (χ1v) is 10.9. The molecule has 2 aromatic rings. The fourth-order valence-electron chi connectivity index (χ4n) is 4.90. The van der Waals surface area contributed by atoms with Gasteiger partial charge in [0.2, 0.25) is 0 Å². The summed E-state index contributed by atoms with van der Waals surface area (Å²) in [5, 5.41) is 7.40. The summed E-state index contributed by atoms with van der Waals surface area (Å²) in [5.74, 6) is 0.652. The van der Waals surface area contributed by atoms with Gasteiger partial charge < -0.3 is 10.2 Å². The zero-order valence-corrected chi connectivity index (χ0v) is 18.4. The summed E-state index contributed by atoms with van der Waals surface area (Å²) in [6, 6.07) is 8.59. The smallest absolute Gasteiger partial charge is 0.343 e. The lowest BCUT2D eigenvalue weighted by Crippen LogP contribution is -2.53. The normalized spacial score (nSPS) is 18.7. The van der Waals surface area contributed by atoms with Crippen LogP contribution in [0.3, 0.4) is 0 Å². The van der Waals surface area contributed by atoms with Crippen molar-refractivity contribution in [2.75, 3.05) is 25.0 Å². The third kappa shape index (κ3) is 4.15. The average molecular weight is 408 g/mol. The molecule has 0 atom stereocenters. The number of benzene rings is 1. The van der Waals surface area contributed by atoms with Crippen LogP contribution in [0, 0.1) is 13.8 Å². The minimum Gasteiger partial charge on any atom is -0.343 e. The molecule has 0 radical (unpaired) electrons. The molecule has 4 rings (SSSR count). The van der Waals surface area contributed by atoms with Crippen molar-refractivity contribution in [3.63, 3.8) is 0 Å². The second-order valence-electron chi connectivity index (χ2n) is 8.99. The third-order valence-electron chi connectivity index (χ3n) is 6.78. The summed E-state index contributed by atoms with van der Waals surface area (Å²) in [6.45, 7) is 13.8. The van der Waals surface area contributed by atoms with Gasteiger partial charge in [0.1, 0.15) is 0 Å². The molecule has 1 amide bonds. The molecule has 2 aliphatic rings. The summed E-state index contributed by atoms with van der Waals surface area (Å²) in [6.07, 6.45) is 6.26. The van der Waals surface area contributed by atoms with E-state index in [1.165, 1.54) is 34.2 Å². The molecule has 1 aromatic heterocycles. The number of hydrogen-bond acceptors (Lipinski definition) is 4. The number of nitrogens with one attached hydrogen (secondary N) is 1. The number of allylic oxidation sites excluding steroid dienone is 1. The highest BCUT2D eigenvalue weighted by Gasteiger charge is 2.43. The highest BCUT2D eigenvalue weighted by Crippen LogP contribution is 2.39. The number of carbonyl (C=O) groups excluding carboxylic acids is 1. The fraction of sp³-hybridized carbons (Fsp3) is 0.500. The monoisotopic (exact) mass is 407 g/mol. The first-order valence-electron chi connectivity index (χ1n) is 10.9. The van der Waals surface area contributed by atoms with Crippen LogP contribution in [-0.4, -0.2) is 50.8 Å². The molecule has 2 fully saturated rings. The lowest BCUT2D eigenvalue weighted by molar-refractivity contribution is 0.0585. The predicted octanol–water partition coefficient (Wildman–Crippen LogP) is 4.54. The van der Waals surface area contributed by atoms with E-state index in [9.17, 15) is 4.79 Å². The van der Waals surface area contributed by atoms with E-state index < -0.39 is 0 Å². The Bertz CT molecular complexity index is 939. The Morgan fingerprint density at radius 1 is 1.13 bits per heavy atom. The highest BCUT2D eigenvalue weighted by molar-refractivity contribution is 5.76. The molecule has 6 nitrogen and oxygen atoms in total. The number of piperidine rings is 1. The van der Waals surface area contributed by atoms with Gasteiger partial charge in [0, 0.05) is 43.1 Å². The first-order chi connectivity index (χ1) is 14.4. The van der Waals surface area contributed by atoms with Crippen LogP contribution in [0.15, 0.2) is 42.7 Å². The number of carbonyl (C=O) groups is 1. The molecule has 0 aliphatic carbocycles. The molecule has 3 heterocycles. The zero-order valence-electron chi connectivity index (χ0n) is 18.4. The largest absolute Gasteiger partial charge is 0.344 e. The number of hydrogen-bond donors (Lipinski definition) is 1. The van der Waals surface area contributed by atoms with Gasteiger partial charge in [0.25, 0.3) is 0 Å². The van der Waals surface area contributed by atoms with Gasteiger partial charge in [0.05, 0.1) is 0 Å². The maximum absolute atomic E-state index is 12.9. The van der Waals surface area contributed by atoms with Crippen molar-refractivity contribution in [2.24, 2.45) is 0 Å². The molecule has 30 heavy (non-hydrogen) atoms. The predicted molar refractivity (Wildman–Crippen MR) is 121 cm³/mol. The van der Waals surface area contributed by atoms with E-state index >= 15 is 0 Å². The Hall–Kier alpha value is -2.60. The molecular weight excluding hydrogens is 374 g/mol. The first kappa shape index (κ1) is 20.7.